The lowest BCUT2D eigenvalue weighted by Crippen LogP contribution is -2.25. The maximum Gasteiger partial charge on any atom is 0.275 e. The van der Waals surface area contributed by atoms with E-state index in [0.29, 0.717) is 39.5 Å². The fourth-order valence-corrected chi connectivity index (χ4v) is 4.88. The molecule has 0 aliphatic rings. The second-order valence-corrected chi connectivity index (χ2v) is 9.25. The van der Waals surface area contributed by atoms with Crippen molar-refractivity contribution in [2.45, 2.75) is 33.6 Å². The van der Waals surface area contributed by atoms with Gasteiger partial charge in [0.25, 0.3) is 11.1 Å². The van der Waals surface area contributed by atoms with E-state index in [0.717, 1.165) is 11.1 Å². The Morgan fingerprint density at radius 3 is 1.58 bits per heavy atom. The number of para-hydroxylation sites is 1. The maximum atomic E-state index is 13.9. The highest BCUT2D eigenvalue weighted by Crippen LogP contribution is 2.36. The summed E-state index contributed by atoms with van der Waals surface area (Å²) in [5, 5.41) is 17.2. The Hall–Kier alpha value is -4.52. The molecule has 0 fully saturated rings. The summed E-state index contributed by atoms with van der Waals surface area (Å²) in [6, 6.07) is 22.1. The van der Waals surface area contributed by atoms with Gasteiger partial charge in [0.1, 0.15) is 5.75 Å². The molecule has 7 nitrogen and oxygen atoms in total. The molecule has 0 aliphatic carbocycles. The van der Waals surface area contributed by atoms with E-state index >= 15 is 0 Å². The summed E-state index contributed by atoms with van der Waals surface area (Å²) in [6.45, 7) is 7.56. The molecule has 36 heavy (non-hydrogen) atoms. The van der Waals surface area contributed by atoms with Crippen LogP contribution in [0.25, 0.3) is 11.4 Å². The standard InChI is InChI=1S/C29H28N4O3/c1-17-9-7-11-21(15-17)32-28(35)25(19(3)30-32)27(23-13-5-6-14-24(23)34)26-20(4)31-33(29(26)36)22-12-8-10-18(2)16-22/h5-16,27,30-31,34H,1-4H3. The lowest BCUT2D eigenvalue weighted by atomic mass is 9.85. The summed E-state index contributed by atoms with van der Waals surface area (Å²) < 4.78 is 2.98. The summed E-state index contributed by atoms with van der Waals surface area (Å²) in [7, 11) is 0. The third kappa shape index (κ3) is 3.88. The molecule has 0 radical (unpaired) electrons. The van der Waals surface area contributed by atoms with Crippen LogP contribution >= 0.6 is 0 Å². The van der Waals surface area contributed by atoms with Gasteiger partial charge in [0, 0.05) is 17.0 Å². The number of hydrogen-bond acceptors (Lipinski definition) is 3. The molecule has 0 bridgehead atoms. The summed E-state index contributed by atoms with van der Waals surface area (Å²) in [4.78, 5) is 27.8. The zero-order valence-electron chi connectivity index (χ0n) is 20.7. The van der Waals surface area contributed by atoms with Crippen LogP contribution in [0.3, 0.4) is 0 Å². The highest BCUT2D eigenvalue weighted by molar-refractivity contribution is 5.51. The van der Waals surface area contributed by atoms with Gasteiger partial charge in [-0.3, -0.25) is 19.8 Å². The molecule has 3 aromatic carbocycles. The first-order valence-corrected chi connectivity index (χ1v) is 11.8. The van der Waals surface area contributed by atoms with Crippen LogP contribution in [-0.4, -0.2) is 24.7 Å². The number of nitrogens with one attached hydrogen (secondary N) is 2. The van der Waals surface area contributed by atoms with E-state index in [1.807, 2.05) is 76.2 Å². The van der Waals surface area contributed by atoms with E-state index in [1.165, 1.54) is 9.36 Å². The number of rotatable bonds is 5. The molecule has 5 rings (SSSR count). The molecular formula is C29H28N4O3. The third-order valence-electron chi connectivity index (χ3n) is 6.58. The Bertz CT molecular complexity index is 1600. The Balaban J connectivity index is 1.79. The molecule has 0 aliphatic heterocycles. The zero-order chi connectivity index (χ0) is 25.6. The molecule has 2 aromatic heterocycles. The van der Waals surface area contributed by atoms with Crippen LogP contribution in [0.15, 0.2) is 82.4 Å². The van der Waals surface area contributed by atoms with Gasteiger partial charge in [0.05, 0.1) is 28.4 Å². The van der Waals surface area contributed by atoms with Crippen LogP contribution in [0.1, 0.15) is 45.1 Å². The van der Waals surface area contributed by atoms with Gasteiger partial charge in [-0.15, -0.1) is 0 Å². The molecule has 0 amide bonds. The highest BCUT2D eigenvalue weighted by atomic mass is 16.3. The molecule has 0 saturated heterocycles. The smallest absolute Gasteiger partial charge is 0.275 e. The van der Waals surface area contributed by atoms with Gasteiger partial charge < -0.3 is 5.11 Å². The van der Waals surface area contributed by atoms with Crippen LogP contribution in [0.2, 0.25) is 0 Å². The van der Waals surface area contributed by atoms with Gasteiger partial charge in [-0.25, -0.2) is 9.36 Å². The van der Waals surface area contributed by atoms with Crippen molar-refractivity contribution in [1.82, 2.24) is 19.6 Å². The van der Waals surface area contributed by atoms with E-state index in [2.05, 4.69) is 10.2 Å². The monoisotopic (exact) mass is 480 g/mol. The minimum absolute atomic E-state index is 0.0201. The van der Waals surface area contributed by atoms with Crippen molar-refractivity contribution < 1.29 is 5.11 Å². The second-order valence-electron chi connectivity index (χ2n) is 9.25. The molecule has 0 unspecified atom stereocenters. The number of aryl methyl sites for hydroxylation is 4. The quantitative estimate of drug-likeness (QED) is 0.338. The first kappa shape index (κ1) is 23.2. The number of hydrogen-bond donors (Lipinski definition) is 3. The maximum absolute atomic E-state index is 13.9. The predicted octanol–water partition coefficient (Wildman–Crippen LogP) is 4.76. The predicted molar refractivity (Wildman–Crippen MR) is 141 cm³/mol. The van der Waals surface area contributed by atoms with Crippen LogP contribution in [0.5, 0.6) is 5.75 Å². The molecule has 0 saturated carbocycles. The zero-order valence-corrected chi connectivity index (χ0v) is 20.7. The number of aromatic hydroxyl groups is 1. The molecule has 2 heterocycles. The van der Waals surface area contributed by atoms with Crippen molar-refractivity contribution in [3.05, 3.63) is 133 Å². The number of aromatic amines is 2. The van der Waals surface area contributed by atoms with Crippen molar-refractivity contribution in [1.29, 1.82) is 0 Å². The first-order valence-electron chi connectivity index (χ1n) is 11.8. The average molecular weight is 481 g/mol. The van der Waals surface area contributed by atoms with E-state index in [-0.39, 0.29) is 16.9 Å². The Kier molecular flexibility index (Phi) is 5.76. The fraction of sp³-hybridized carbons (Fsp3) is 0.172. The van der Waals surface area contributed by atoms with E-state index in [1.54, 1.807) is 24.3 Å². The van der Waals surface area contributed by atoms with Gasteiger partial charge >= 0.3 is 0 Å². The largest absolute Gasteiger partial charge is 0.508 e. The van der Waals surface area contributed by atoms with Gasteiger partial charge in [0.2, 0.25) is 0 Å². The van der Waals surface area contributed by atoms with E-state index < -0.39 is 5.92 Å². The van der Waals surface area contributed by atoms with Crippen molar-refractivity contribution in [2.24, 2.45) is 0 Å². The molecule has 0 atom stereocenters. The number of aromatic nitrogens is 4. The lowest BCUT2D eigenvalue weighted by Gasteiger charge is -2.17. The topological polar surface area (TPSA) is 95.8 Å². The fourth-order valence-electron chi connectivity index (χ4n) is 4.88. The number of phenolic OH excluding ortho intramolecular Hbond substituents is 1. The van der Waals surface area contributed by atoms with Crippen molar-refractivity contribution in [3.63, 3.8) is 0 Å². The summed E-state index contributed by atoms with van der Waals surface area (Å²) in [5.41, 5.74) is 5.46. The van der Waals surface area contributed by atoms with Crippen LogP contribution in [0.4, 0.5) is 0 Å². The molecule has 182 valence electrons. The highest BCUT2D eigenvalue weighted by Gasteiger charge is 2.32. The van der Waals surface area contributed by atoms with Crippen LogP contribution < -0.4 is 11.1 Å². The Morgan fingerprint density at radius 1 is 0.667 bits per heavy atom. The van der Waals surface area contributed by atoms with Gasteiger partial charge in [0.15, 0.2) is 0 Å². The van der Waals surface area contributed by atoms with Crippen LogP contribution in [0, 0.1) is 27.7 Å². The van der Waals surface area contributed by atoms with Gasteiger partial charge in [-0.2, -0.15) is 0 Å². The molecule has 3 N–H and O–H groups in total. The SMILES string of the molecule is Cc1cccc(-n2[nH]c(C)c(C(c3ccccc3O)c3c(C)[nH]n(-c4cccc(C)c4)c3=O)c2=O)c1. The van der Waals surface area contributed by atoms with Crippen molar-refractivity contribution >= 4 is 0 Å². The second kappa shape index (κ2) is 8.92. The summed E-state index contributed by atoms with van der Waals surface area (Å²) in [6.07, 6.45) is 0. The number of phenols is 1. The molecule has 5 aromatic rings. The normalized spacial score (nSPS) is 11.4. The van der Waals surface area contributed by atoms with Gasteiger partial charge in [-0.1, -0.05) is 42.5 Å². The average Bonchev–Trinajstić information content (AvgIpc) is 3.31. The molecule has 0 spiro atoms. The van der Waals surface area contributed by atoms with E-state index in [9.17, 15) is 14.7 Å². The Morgan fingerprint density at radius 2 is 1.14 bits per heavy atom. The van der Waals surface area contributed by atoms with Crippen molar-refractivity contribution in [2.75, 3.05) is 0 Å². The lowest BCUT2D eigenvalue weighted by molar-refractivity contribution is 0.467. The third-order valence-corrected chi connectivity index (χ3v) is 6.58. The molecule has 7 heteroatoms. The number of nitrogens with zero attached hydrogens (tertiary/aromatic N) is 2. The number of benzene rings is 3. The number of H-pyrrole nitrogens is 2. The minimum Gasteiger partial charge on any atom is -0.508 e. The van der Waals surface area contributed by atoms with Crippen LogP contribution in [-0.2, 0) is 0 Å². The summed E-state index contributed by atoms with van der Waals surface area (Å²) in [5.74, 6) is -0.762. The minimum atomic E-state index is -0.782. The summed E-state index contributed by atoms with van der Waals surface area (Å²) >= 11 is 0. The van der Waals surface area contributed by atoms with Crippen molar-refractivity contribution in [3.8, 4) is 17.1 Å². The molecular weight excluding hydrogens is 452 g/mol. The Labute approximate surface area is 208 Å². The van der Waals surface area contributed by atoms with E-state index in [4.69, 9.17) is 0 Å². The van der Waals surface area contributed by atoms with Gasteiger partial charge in [-0.05, 0) is 69.2 Å². The first-order chi connectivity index (χ1) is 17.3.